The summed E-state index contributed by atoms with van der Waals surface area (Å²) in [6.45, 7) is 16.9. The molecule has 1 aliphatic rings. The number of benzene rings is 4. The molecule has 2 heterocycles. The first-order valence-electron chi connectivity index (χ1n) is 16.8. The first-order chi connectivity index (χ1) is 21.9. The van der Waals surface area contributed by atoms with Crippen molar-refractivity contribution in [2.45, 2.75) is 87.5 Å². The van der Waals surface area contributed by atoms with Crippen molar-refractivity contribution in [1.29, 1.82) is 0 Å². The number of hydrogen-bond donors (Lipinski definition) is 1. The molecule has 1 aliphatic heterocycles. The Bertz CT molecular complexity index is 1930. The molecule has 0 atom stereocenters. The van der Waals surface area contributed by atoms with Crippen LogP contribution in [0.25, 0.3) is 43.6 Å². The third-order valence-electron chi connectivity index (χ3n) is 9.73. The Balaban J connectivity index is 0.000000254. The van der Waals surface area contributed by atoms with Crippen LogP contribution in [-0.4, -0.2) is 15.9 Å². The fourth-order valence-electron chi connectivity index (χ4n) is 6.40. The van der Waals surface area contributed by atoms with E-state index in [1.165, 1.54) is 22.4 Å². The molecule has 0 bridgehead atoms. The fraction of sp³-hybridized carbons (Fsp3) is 0.381. The van der Waals surface area contributed by atoms with Crippen LogP contribution in [0, 0.1) is 22.8 Å². The summed E-state index contributed by atoms with van der Waals surface area (Å²) in [6.07, 6.45) is 7.65. The van der Waals surface area contributed by atoms with E-state index >= 15 is 0 Å². The Morgan fingerprint density at radius 2 is 1.53 bits per heavy atom. The van der Waals surface area contributed by atoms with Crippen LogP contribution in [0.15, 0.2) is 78.7 Å². The summed E-state index contributed by atoms with van der Waals surface area (Å²) in [7, 11) is 0. The van der Waals surface area contributed by atoms with Gasteiger partial charge in [-0.15, -0.1) is 17.5 Å². The zero-order valence-electron chi connectivity index (χ0n) is 29.1. The Morgan fingerprint density at radius 3 is 2.17 bits per heavy atom. The van der Waals surface area contributed by atoms with Gasteiger partial charge in [-0.05, 0) is 60.4 Å². The van der Waals surface area contributed by atoms with E-state index in [0.29, 0.717) is 0 Å². The van der Waals surface area contributed by atoms with Gasteiger partial charge >= 0.3 is 0 Å². The summed E-state index contributed by atoms with van der Waals surface area (Å²) >= 11 is 0. The number of fused-ring (bicyclic) bond motifs is 5. The first kappa shape index (κ1) is 36.3. The Hall–Kier alpha value is -3.53. The summed E-state index contributed by atoms with van der Waals surface area (Å²) in [5, 5.41) is 16.7. The van der Waals surface area contributed by atoms with Crippen LogP contribution in [0.1, 0.15) is 86.6 Å². The molecule has 0 spiro atoms. The standard InChI is InChI=1S/C28H22NO.C14H26O2.Ir/c1-28(2,3)16-23-20-10-6-4-9-18(20)15-22-25-24-19(12-13-29-25)14-17-8-5-7-11-21(17)27(24)30-26(22)23;1-6-11(7-2)12(15)10-13(16)14(5,8-3)9-4;/h4-14H,16H2,1-3H3;10-11,15H,6-9H2,1-5H3;/q-1;;/b;12-10-;. The molecule has 0 fully saturated rings. The normalized spacial score (nSPS) is 12.7. The molecule has 1 N–H and O–H groups in total. The second kappa shape index (κ2) is 14.7. The molecular weight excluding hydrogens is 759 g/mol. The second-order valence-electron chi connectivity index (χ2n) is 14.1. The van der Waals surface area contributed by atoms with Gasteiger partial charge in [0.15, 0.2) is 5.78 Å². The number of carbonyl (C=O) groups is 1. The number of ketones is 1. The van der Waals surface area contributed by atoms with Gasteiger partial charge < -0.3 is 9.84 Å². The maximum Gasteiger partial charge on any atom is 0.164 e. The molecule has 0 amide bonds. The minimum absolute atomic E-state index is 0. The van der Waals surface area contributed by atoms with Crippen molar-refractivity contribution in [3.63, 3.8) is 0 Å². The van der Waals surface area contributed by atoms with Gasteiger partial charge in [-0.2, -0.15) is 0 Å². The third kappa shape index (κ3) is 7.32. The SMILES string of the molecule is CC(C)(C)Cc1c2c([c-]c3ccccc13)-c1nccc3cc4ccccc4c(c13)O2.CCC(CC)/C(O)=C/C(=O)C(C)(CC)CC.[Ir]. The Kier molecular flexibility index (Phi) is 11.4. The quantitative estimate of drug-likeness (QED) is 0.0720. The minimum Gasteiger partial charge on any atom is -0.512 e. The molecule has 1 aromatic heterocycles. The zero-order valence-corrected chi connectivity index (χ0v) is 31.5. The molecule has 4 nitrogen and oxygen atoms in total. The average molecular weight is 807 g/mol. The van der Waals surface area contributed by atoms with Crippen molar-refractivity contribution in [1.82, 2.24) is 4.98 Å². The maximum absolute atomic E-state index is 12.0. The molecule has 5 aromatic rings. The number of hydrogen-bond acceptors (Lipinski definition) is 4. The molecule has 0 unspecified atom stereocenters. The van der Waals surface area contributed by atoms with Gasteiger partial charge in [0.25, 0.3) is 0 Å². The minimum atomic E-state index is -0.319. The Morgan fingerprint density at radius 1 is 0.894 bits per heavy atom. The summed E-state index contributed by atoms with van der Waals surface area (Å²) in [4.78, 5) is 16.9. The summed E-state index contributed by atoms with van der Waals surface area (Å²) in [5.74, 6) is 2.26. The van der Waals surface area contributed by atoms with E-state index in [2.05, 4.69) is 87.5 Å². The van der Waals surface area contributed by atoms with Crippen LogP contribution < -0.4 is 4.74 Å². The molecule has 0 aliphatic carbocycles. The fourth-order valence-corrected chi connectivity index (χ4v) is 6.40. The molecule has 0 saturated carbocycles. The third-order valence-corrected chi connectivity index (χ3v) is 9.73. The molecule has 0 saturated heterocycles. The first-order valence-corrected chi connectivity index (χ1v) is 16.8. The summed E-state index contributed by atoms with van der Waals surface area (Å²) < 4.78 is 6.78. The number of rotatable bonds is 8. The topological polar surface area (TPSA) is 59.4 Å². The molecule has 47 heavy (non-hydrogen) atoms. The zero-order chi connectivity index (χ0) is 33.2. The van der Waals surface area contributed by atoms with Gasteiger partial charge in [-0.1, -0.05) is 114 Å². The van der Waals surface area contributed by atoms with Crippen molar-refractivity contribution in [2.75, 3.05) is 0 Å². The van der Waals surface area contributed by atoms with Crippen molar-refractivity contribution >= 4 is 38.1 Å². The number of pyridine rings is 1. The molecule has 6 rings (SSSR count). The molecular formula is C42H48IrNO3-. The van der Waals surface area contributed by atoms with Gasteiger partial charge in [0.2, 0.25) is 0 Å². The van der Waals surface area contributed by atoms with Crippen molar-refractivity contribution in [2.24, 2.45) is 16.7 Å². The molecule has 5 heteroatoms. The van der Waals surface area contributed by atoms with Gasteiger partial charge in [-0.25, -0.2) is 0 Å². The summed E-state index contributed by atoms with van der Waals surface area (Å²) in [6, 6.07) is 24.9. The van der Waals surface area contributed by atoms with E-state index in [0.717, 1.165) is 76.4 Å². The van der Waals surface area contributed by atoms with Crippen LogP contribution in [-0.2, 0) is 31.3 Å². The van der Waals surface area contributed by atoms with Crippen LogP contribution in [0.2, 0.25) is 0 Å². The van der Waals surface area contributed by atoms with E-state index in [9.17, 15) is 9.90 Å². The number of carbonyl (C=O) groups excluding carboxylic acids is 1. The van der Waals surface area contributed by atoms with E-state index in [1.807, 2.05) is 40.8 Å². The van der Waals surface area contributed by atoms with E-state index in [-0.39, 0.29) is 48.4 Å². The Labute approximate surface area is 294 Å². The smallest absolute Gasteiger partial charge is 0.164 e. The van der Waals surface area contributed by atoms with E-state index < -0.39 is 0 Å². The van der Waals surface area contributed by atoms with E-state index in [1.54, 1.807) is 0 Å². The summed E-state index contributed by atoms with van der Waals surface area (Å²) in [5.41, 5.74) is 2.99. The van der Waals surface area contributed by atoms with Crippen LogP contribution in [0.4, 0.5) is 0 Å². The second-order valence-corrected chi connectivity index (χ2v) is 14.1. The average Bonchev–Trinajstić information content (AvgIpc) is 3.05. The molecule has 4 aromatic carbocycles. The molecule has 249 valence electrons. The van der Waals surface area contributed by atoms with Crippen molar-refractivity contribution < 1.29 is 34.7 Å². The number of allylic oxidation sites excluding steroid dienone is 2. The predicted molar refractivity (Wildman–Crippen MR) is 193 cm³/mol. The predicted octanol–water partition coefficient (Wildman–Crippen LogP) is 12.0. The number of aromatic nitrogens is 1. The molecule has 1 radical (unpaired) electrons. The van der Waals surface area contributed by atoms with Crippen molar-refractivity contribution in [3.05, 3.63) is 90.3 Å². The van der Waals surface area contributed by atoms with E-state index in [4.69, 9.17) is 9.72 Å². The van der Waals surface area contributed by atoms with Crippen LogP contribution >= 0.6 is 0 Å². The number of aliphatic hydroxyl groups is 1. The van der Waals surface area contributed by atoms with Gasteiger partial charge in [0, 0.05) is 60.2 Å². The number of nitrogens with zero attached hydrogens (tertiary/aromatic N) is 1. The van der Waals surface area contributed by atoms with Gasteiger partial charge in [-0.3, -0.25) is 9.78 Å². The van der Waals surface area contributed by atoms with Crippen molar-refractivity contribution in [3.8, 4) is 22.8 Å². The largest absolute Gasteiger partial charge is 0.512 e. The number of ether oxygens (including phenoxy) is 1. The van der Waals surface area contributed by atoms with Gasteiger partial charge in [0.1, 0.15) is 5.75 Å². The van der Waals surface area contributed by atoms with Crippen LogP contribution in [0.5, 0.6) is 11.5 Å². The maximum atomic E-state index is 12.0. The number of aliphatic hydroxyl groups excluding tert-OH is 1. The monoisotopic (exact) mass is 807 g/mol. The van der Waals surface area contributed by atoms with Crippen LogP contribution in [0.3, 0.4) is 0 Å². The van der Waals surface area contributed by atoms with Gasteiger partial charge in [0.05, 0.1) is 11.5 Å².